The zero-order valence-corrected chi connectivity index (χ0v) is 20.3. The standard InChI is InChI=1S/C20H32N4O4.HI/c1-23(2)19(25)13-22-20(21-12-17-7-6-10-28-17)24(3)14-15-8-9-16(26-4)11-18(15)27-5;/h8-9,11,17H,6-7,10,12-14H2,1-5H3,(H,21,22);1H. The number of aliphatic imine (C=N–C) groups is 1. The van der Waals surface area contributed by atoms with Crippen molar-refractivity contribution in [2.75, 3.05) is 55.1 Å². The van der Waals surface area contributed by atoms with Crippen LogP contribution in [0.5, 0.6) is 11.5 Å². The molecule has 1 aromatic carbocycles. The molecule has 2 rings (SSSR count). The summed E-state index contributed by atoms with van der Waals surface area (Å²) in [6.07, 6.45) is 2.29. The number of methoxy groups -OCH3 is 2. The molecule has 0 saturated carbocycles. The highest BCUT2D eigenvalue weighted by Gasteiger charge is 2.18. The van der Waals surface area contributed by atoms with Gasteiger partial charge in [-0.3, -0.25) is 4.79 Å². The molecule has 29 heavy (non-hydrogen) atoms. The van der Waals surface area contributed by atoms with Crippen LogP contribution < -0.4 is 14.8 Å². The van der Waals surface area contributed by atoms with Crippen LogP contribution in [-0.2, 0) is 16.1 Å². The first-order valence-electron chi connectivity index (χ1n) is 9.46. The van der Waals surface area contributed by atoms with E-state index in [0.29, 0.717) is 19.0 Å². The number of likely N-dealkylation sites (N-methyl/N-ethyl adjacent to an activating group) is 1. The predicted molar refractivity (Wildman–Crippen MR) is 124 cm³/mol. The number of guanidine groups is 1. The van der Waals surface area contributed by atoms with Gasteiger partial charge in [0, 0.05) is 52.5 Å². The summed E-state index contributed by atoms with van der Waals surface area (Å²) in [5, 5.41) is 3.35. The van der Waals surface area contributed by atoms with Crippen LogP contribution in [0, 0.1) is 0 Å². The summed E-state index contributed by atoms with van der Waals surface area (Å²) in [6, 6.07) is 5.73. The van der Waals surface area contributed by atoms with Gasteiger partial charge >= 0.3 is 0 Å². The molecule has 1 aromatic rings. The van der Waals surface area contributed by atoms with Crippen LogP contribution in [0.15, 0.2) is 23.2 Å². The Morgan fingerprint density at radius 3 is 2.62 bits per heavy atom. The minimum atomic E-state index is -0.0492. The molecule has 1 heterocycles. The van der Waals surface area contributed by atoms with Crippen molar-refractivity contribution in [3.63, 3.8) is 0 Å². The van der Waals surface area contributed by atoms with Gasteiger partial charge in [0.15, 0.2) is 5.96 Å². The van der Waals surface area contributed by atoms with Crippen LogP contribution >= 0.6 is 24.0 Å². The lowest BCUT2D eigenvalue weighted by molar-refractivity contribution is -0.127. The Morgan fingerprint density at radius 1 is 1.28 bits per heavy atom. The molecule has 0 spiro atoms. The van der Waals surface area contributed by atoms with Crippen molar-refractivity contribution >= 4 is 35.8 Å². The van der Waals surface area contributed by atoms with E-state index in [-0.39, 0.29) is 42.5 Å². The Labute approximate surface area is 190 Å². The van der Waals surface area contributed by atoms with Gasteiger partial charge in [-0.15, -0.1) is 24.0 Å². The van der Waals surface area contributed by atoms with E-state index < -0.39 is 0 Å². The number of nitrogens with zero attached hydrogens (tertiary/aromatic N) is 3. The summed E-state index contributed by atoms with van der Waals surface area (Å²) < 4.78 is 16.4. The van der Waals surface area contributed by atoms with Gasteiger partial charge in [-0.2, -0.15) is 0 Å². The second kappa shape index (κ2) is 12.7. The summed E-state index contributed by atoms with van der Waals surface area (Å²) >= 11 is 0. The Hall–Kier alpha value is -1.75. The van der Waals surface area contributed by atoms with Gasteiger partial charge in [-0.1, -0.05) is 0 Å². The normalized spacial score (nSPS) is 16.0. The maximum Gasteiger partial charge on any atom is 0.243 e. The summed E-state index contributed by atoms with van der Waals surface area (Å²) in [6.45, 7) is 2.13. The van der Waals surface area contributed by atoms with Crippen molar-refractivity contribution in [2.45, 2.75) is 25.5 Å². The van der Waals surface area contributed by atoms with E-state index in [1.807, 2.05) is 30.1 Å². The molecule has 1 N–H and O–H groups in total. The van der Waals surface area contributed by atoms with E-state index in [1.54, 1.807) is 28.3 Å². The number of carbonyl (C=O) groups is 1. The Balaban J connectivity index is 0.00000420. The number of rotatable bonds is 8. The highest BCUT2D eigenvalue weighted by atomic mass is 127. The molecule has 164 valence electrons. The van der Waals surface area contributed by atoms with Crippen LogP contribution in [0.1, 0.15) is 18.4 Å². The summed E-state index contributed by atoms with van der Waals surface area (Å²) in [5.74, 6) is 2.09. The molecule has 9 heteroatoms. The molecule has 1 fully saturated rings. The molecule has 8 nitrogen and oxygen atoms in total. The van der Waals surface area contributed by atoms with Gasteiger partial charge in [0.05, 0.1) is 20.3 Å². The fraction of sp³-hybridized carbons (Fsp3) is 0.600. The smallest absolute Gasteiger partial charge is 0.243 e. The number of carbonyl (C=O) groups excluding carboxylic acids is 1. The van der Waals surface area contributed by atoms with Gasteiger partial charge in [0.2, 0.25) is 5.91 Å². The molecule has 1 aliphatic heterocycles. The van der Waals surface area contributed by atoms with Crippen LogP contribution in [0.2, 0.25) is 0 Å². The van der Waals surface area contributed by atoms with Crippen molar-refractivity contribution in [3.8, 4) is 11.5 Å². The lowest BCUT2D eigenvalue weighted by atomic mass is 10.2. The van der Waals surface area contributed by atoms with E-state index in [0.717, 1.165) is 36.5 Å². The van der Waals surface area contributed by atoms with Crippen molar-refractivity contribution < 1.29 is 19.0 Å². The zero-order chi connectivity index (χ0) is 20.5. The predicted octanol–water partition coefficient (Wildman–Crippen LogP) is 1.97. The molecule has 1 unspecified atom stereocenters. The number of ether oxygens (including phenoxy) is 3. The van der Waals surface area contributed by atoms with Crippen LogP contribution in [0.3, 0.4) is 0 Å². The Kier molecular flexibility index (Phi) is 11.1. The molecule has 0 radical (unpaired) electrons. The van der Waals surface area contributed by atoms with Crippen molar-refractivity contribution in [3.05, 3.63) is 23.8 Å². The monoisotopic (exact) mass is 520 g/mol. The Morgan fingerprint density at radius 2 is 2.03 bits per heavy atom. The molecular weight excluding hydrogens is 487 g/mol. The third-order valence-corrected chi connectivity index (χ3v) is 4.64. The number of amides is 1. The topological polar surface area (TPSA) is 75.6 Å². The highest BCUT2D eigenvalue weighted by molar-refractivity contribution is 14.0. The van der Waals surface area contributed by atoms with Crippen LogP contribution in [-0.4, -0.2) is 82.8 Å². The largest absolute Gasteiger partial charge is 0.497 e. The summed E-state index contributed by atoms with van der Waals surface area (Å²) in [4.78, 5) is 20.0. The van der Waals surface area contributed by atoms with Gasteiger partial charge < -0.3 is 29.3 Å². The maximum absolute atomic E-state index is 12.0. The maximum atomic E-state index is 12.0. The quantitative estimate of drug-likeness (QED) is 0.321. The minimum Gasteiger partial charge on any atom is -0.497 e. The lowest BCUT2D eigenvalue weighted by Crippen LogP contribution is -2.42. The van der Waals surface area contributed by atoms with Crippen molar-refractivity contribution in [1.29, 1.82) is 0 Å². The number of benzene rings is 1. The average molecular weight is 520 g/mol. The van der Waals surface area contributed by atoms with Crippen molar-refractivity contribution in [1.82, 2.24) is 15.1 Å². The molecule has 1 amide bonds. The SMILES string of the molecule is COc1ccc(CN(C)C(=NCC(=O)N(C)C)NCC2CCCO2)c(OC)c1.I. The fourth-order valence-electron chi connectivity index (χ4n) is 2.92. The fourth-order valence-corrected chi connectivity index (χ4v) is 2.92. The van der Waals surface area contributed by atoms with E-state index in [2.05, 4.69) is 10.3 Å². The third kappa shape index (κ3) is 7.88. The molecule has 1 saturated heterocycles. The first-order valence-corrected chi connectivity index (χ1v) is 9.46. The zero-order valence-electron chi connectivity index (χ0n) is 17.9. The number of hydrogen-bond donors (Lipinski definition) is 1. The van der Waals surface area contributed by atoms with Gasteiger partial charge in [0.1, 0.15) is 18.0 Å². The molecular formula is C20H33IN4O4. The van der Waals surface area contributed by atoms with E-state index >= 15 is 0 Å². The van der Waals surface area contributed by atoms with E-state index in [4.69, 9.17) is 14.2 Å². The number of halogens is 1. The van der Waals surface area contributed by atoms with Crippen molar-refractivity contribution in [2.24, 2.45) is 4.99 Å². The average Bonchev–Trinajstić information content (AvgIpc) is 3.21. The first kappa shape index (κ1) is 25.3. The molecule has 1 atom stereocenters. The minimum absolute atomic E-state index is 0. The van der Waals surface area contributed by atoms with Crippen LogP contribution in [0.25, 0.3) is 0 Å². The van der Waals surface area contributed by atoms with Crippen LogP contribution in [0.4, 0.5) is 0 Å². The highest BCUT2D eigenvalue weighted by Crippen LogP contribution is 2.25. The number of hydrogen-bond acceptors (Lipinski definition) is 5. The molecule has 0 aliphatic carbocycles. The lowest BCUT2D eigenvalue weighted by Gasteiger charge is -2.25. The van der Waals surface area contributed by atoms with Gasteiger partial charge in [-0.25, -0.2) is 4.99 Å². The first-order chi connectivity index (χ1) is 13.4. The van der Waals surface area contributed by atoms with Gasteiger partial charge in [-0.05, 0) is 25.0 Å². The number of nitrogens with one attached hydrogen (secondary N) is 1. The van der Waals surface area contributed by atoms with E-state index in [9.17, 15) is 4.79 Å². The second-order valence-corrected chi connectivity index (χ2v) is 6.98. The summed E-state index contributed by atoms with van der Waals surface area (Å²) in [7, 11) is 8.65. The summed E-state index contributed by atoms with van der Waals surface area (Å²) in [5.41, 5.74) is 0.997. The second-order valence-electron chi connectivity index (χ2n) is 6.98. The molecule has 0 aromatic heterocycles. The van der Waals surface area contributed by atoms with Gasteiger partial charge in [0.25, 0.3) is 0 Å². The molecule has 0 bridgehead atoms. The third-order valence-electron chi connectivity index (χ3n) is 4.64. The Bertz CT molecular complexity index is 678. The molecule has 1 aliphatic rings. The van der Waals surface area contributed by atoms with E-state index in [1.165, 1.54) is 4.90 Å².